The smallest absolute Gasteiger partial charge is 0.0627 e. The van der Waals surface area contributed by atoms with Crippen molar-refractivity contribution in [2.24, 2.45) is 5.41 Å². The zero-order valence-electron chi connectivity index (χ0n) is 11.9. The van der Waals surface area contributed by atoms with Gasteiger partial charge in [0.2, 0.25) is 0 Å². The van der Waals surface area contributed by atoms with E-state index in [1.165, 1.54) is 31.2 Å². The maximum absolute atomic E-state index is 8.97. The van der Waals surface area contributed by atoms with Crippen molar-refractivity contribution >= 4 is 0 Å². The molecule has 1 N–H and O–H groups in total. The Morgan fingerprint density at radius 2 is 1.95 bits per heavy atom. The van der Waals surface area contributed by atoms with Crippen LogP contribution in [-0.2, 0) is 6.54 Å². The quantitative estimate of drug-likeness (QED) is 0.863. The lowest BCUT2D eigenvalue weighted by atomic mass is 9.69. The van der Waals surface area contributed by atoms with Crippen molar-refractivity contribution in [2.75, 3.05) is 0 Å². The molecule has 19 heavy (non-hydrogen) atoms. The van der Waals surface area contributed by atoms with E-state index in [1.807, 2.05) is 0 Å². The first-order valence-electron chi connectivity index (χ1n) is 7.42. The molecule has 0 heterocycles. The first kappa shape index (κ1) is 14.1. The van der Waals surface area contributed by atoms with Crippen LogP contribution in [0.15, 0.2) is 30.3 Å². The van der Waals surface area contributed by atoms with E-state index in [2.05, 4.69) is 48.6 Å². The molecule has 0 aromatic heterocycles. The first-order chi connectivity index (χ1) is 9.28. The summed E-state index contributed by atoms with van der Waals surface area (Å²) in [6.45, 7) is 3.19. The summed E-state index contributed by atoms with van der Waals surface area (Å²) in [5.74, 6) is 0. The standard InChI is InChI=1S/C17H24N2/c1-2-17(12-13-18)10-8-16(9-11-17)19-14-15-6-4-3-5-7-15/h3-7,16,19H,2,8-12,14H2,1H3. The maximum atomic E-state index is 8.97. The topological polar surface area (TPSA) is 35.8 Å². The summed E-state index contributed by atoms with van der Waals surface area (Å²) in [5, 5.41) is 12.6. The van der Waals surface area contributed by atoms with Gasteiger partial charge in [0.1, 0.15) is 0 Å². The molecule has 1 aliphatic carbocycles. The van der Waals surface area contributed by atoms with E-state index < -0.39 is 0 Å². The molecule has 0 radical (unpaired) electrons. The van der Waals surface area contributed by atoms with E-state index >= 15 is 0 Å². The number of benzene rings is 1. The van der Waals surface area contributed by atoms with Crippen LogP contribution in [0, 0.1) is 16.7 Å². The Kier molecular flexibility index (Phi) is 4.99. The van der Waals surface area contributed by atoms with Gasteiger partial charge in [0.05, 0.1) is 6.07 Å². The van der Waals surface area contributed by atoms with E-state index in [0.29, 0.717) is 11.5 Å². The first-order valence-corrected chi connectivity index (χ1v) is 7.42. The van der Waals surface area contributed by atoms with Crippen LogP contribution < -0.4 is 5.32 Å². The molecular weight excluding hydrogens is 232 g/mol. The molecule has 0 saturated heterocycles. The molecule has 0 unspecified atom stereocenters. The largest absolute Gasteiger partial charge is 0.310 e. The van der Waals surface area contributed by atoms with Crippen LogP contribution in [-0.4, -0.2) is 6.04 Å². The number of nitrogens with one attached hydrogen (secondary N) is 1. The summed E-state index contributed by atoms with van der Waals surface area (Å²) >= 11 is 0. The van der Waals surface area contributed by atoms with E-state index in [-0.39, 0.29) is 0 Å². The Bertz CT molecular complexity index is 411. The highest BCUT2D eigenvalue weighted by Crippen LogP contribution is 2.41. The average molecular weight is 256 g/mol. The molecule has 2 rings (SSSR count). The van der Waals surface area contributed by atoms with Gasteiger partial charge < -0.3 is 5.32 Å². The molecule has 0 aliphatic heterocycles. The minimum atomic E-state index is 0.305. The van der Waals surface area contributed by atoms with Gasteiger partial charge >= 0.3 is 0 Å². The predicted molar refractivity (Wildman–Crippen MR) is 78.5 cm³/mol. The maximum Gasteiger partial charge on any atom is 0.0627 e. The number of rotatable bonds is 5. The monoisotopic (exact) mass is 256 g/mol. The second-order valence-corrected chi connectivity index (χ2v) is 5.83. The van der Waals surface area contributed by atoms with Gasteiger partial charge in [0.15, 0.2) is 0 Å². The summed E-state index contributed by atoms with van der Waals surface area (Å²) in [4.78, 5) is 0. The molecule has 0 spiro atoms. The molecule has 0 bridgehead atoms. The van der Waals surface area contributed by atoms with Crippen molar-refractivity contribution in [1.82, 2.24) is 5.32 Å². The summed E-state index contributed by atoms with van der Waals surface area (Å²) in [6.07, 6.45) is 6.69. The fourth-order valence-electron chi connectivity index (χ4n) is 3.12. The van der Waals surface area contributed by atoms with Crippen molar-refractivity contribution in [2.45, 2.75) is 58.0 Å². The van der Waals surface area contributed by atoms with Crippen LogP contribution in [0.1, 0.15) is 51.0 Å². The van der Waals surface area contributed by atoms with E-state index in [9.17, 15) is 0 Å². The van der Waals surface area contributed by atoms with Crippen molar-refractivity contribution in [3.8, 4) is 6.07 Å². The SMILES string of the molecule is CCC1(CC#N)CCC(NCc2ccccc2)CC1. The van der Waals surface area contributed by atoms with Gasteiger partial charge in [-0.05, 0) is 43.1 Å². The molecule has 1 aromatic rings. The van der Waals surface area contributed by atoms with Gasteiger partial charge in [0.25, 0.3) is 0 Å². The summed E-state index contributed by atoms with van der Waals surface area (Å²) in [6, 6.07) is 13.6. The Labute approximate surface area is 116 Å². The summed E-state index contributed by atoms with van der Waals surface area (Å²) < 4.78 is 0. The molecule has 1 fully saturated rings. The van der Waals surface area contributed by atoms with Crippen molar-refractivity contribution in [3.05, 3.63) is 35.9 Å². The van der Waals surface area contributed by atoms with Crippen LogP contribution >= 0.6 is 0 Å². The molecule has 0 amide bonds. The molecule has 1 saturated carbocycles. The zero-order chi connectivity index (χ0) is 13.6. The minimum absolute atomic E-state index is 0.305. The second kappa shape index (κ2) is 6.73. The van der Waals surface area contributed by atoms with Crippen molar-refractivity contribution in [3.63, 3.8) is 0 Å². The molecular formula is C17H24N2. The Hall–Kier alpha value is -1.33. The van der Waals surface area contributed by atoms with Crippen LogP contribution in [0.2, 0.25) is 0 Å². The van der Waals surface area contributed by atoms with Crippen LogP contribution in [0.4, 0.5) is 0 Å². The third-order valence-corrected chi connectivity index (χ3v) is 4.69. The molecule has 102 valence electrons. The summed E-state index contributed by atoms with van der Waals surface area (Å²) in [7, 11) is 0. The van der Waals surface area contributed by atoms with Crippen LogP contribution in [0.25, 0.3) is 0 Å². The van der Waals surface area contributed by atoms with Gasteiger partial charge in [0, 0.05) is 19.0 Å². The van der Waals surface area contributed by atoms with Gasteiger partial charge in [-0.3, -0.25) is 0 Å². The highest BCUT2D eigenvalue weighted by atomic mass is 14.9. The Morgan fingerprint density at radius 3 is 2.53 bits per heavy atom. The highest BCUT2D eigenvalue weighted by Gasteiger charge is 2.33. The Morgan fingerprint density at radius 1 is 1.26 bits per heavy atom. The fourth-order valence-corrected chi connectivity index (χ4v) is 3.12. The third kappa shape index (κ3) is 3.81. The van der Waals surface area contributed by atoms with Gasteiger partial charge in [-0.1, -0.05) is 37.3 Å². The highest BCUT2D eigenvalue weighted by molar-refractivity contribution is 5.14. The average Bonchev–Trinajstić information content (AvgIpc) is 2.48. The van der Waals surface area contributed by atoms with Gasteiger partial charge in [-0.15, -0.1) is 0 Å². The molecule has 0 atom stereocenters. The number of hydrogen-bond donors (Lipinski definition) is 1. The predicted octanol–water partition coefficient (Wildman–Crippen LogP) is 4.03. The van der Waals surface area contributed by atoms with Crippen molar-refractivity contribution < 1.29 is 0 Å². The van der Waals surface area contributed by atoms with E-state index in [0.717, 1.165) is 19.4 Å². The second-order valence-electron chi connectivity index (χ2n) is 5.83. The summed E-state index contributed by atoms with van der Waals surface area (Å²) in [5.41, 5.74) is 1.66. The van der Waals surface area contributed by atoms with E-state index in [4.69, 9.17) is 5.26 Å². The lowest BCUT2D eigenvalue weighted by Crippen LogP contribution is -2.37. The lowest BCUT2D eigenvalue weighted by molar-refractivity contribution is 0.159. The molecule has 1 aliphatic rings. The minimum Gasteiger partial charge on any atom is -0.310 e. The fraction of sp³-hybridized carbons (Fsp3) is 0.588. The normalized spacial score (nSPS) is 26.8. The lowest BCUT2D eigenvalue weighted by Gasteiger charge is -2.38. The number of nitrogens with zero attached hydrogens (tertiary/aromatic N) is 1. The third-order valence-electron chi connectivity index (χ3n) is 4.69. The Balaban J connectivity index is 1.79. The number of nitriles is 1. The molecule has 1 aromatic carbocycles. The molecule has 2 heteroatoms. The molecule has 2 nitrogen and oxygen atoms in total. The van der Waals surface area contributed by atoms with E-state index in [1.54, 1.807) is 0 Å². The van der Waals surface area contributed by atoms with Crippen LogP contribution in [0.3, 0.4) is 0 Å². The van der Waals surface area contributed by atoms with Crippen molar-refractivity contribution in [1.29, 1.82) is 5.26 Å². The zero-order valence-corrected chi connectivity index (χ0v) is 11.9. The number of hydrogen-bond acceptors (Lipinski definition) is 2. The van der Waals surface area contributed by atoms with Gasteiger partial charge in [-0.25, -0.2) is 0 Å². The van der Waals surface area contributed by atoms with Gasteiger partial charge in [-0.2, -0.15) is 5.26 Å². The van der Waals surface area contributed by atoms with Crippen LogP contribution in [0.5, 0.6) is 0 Å².